The zero-order chi connectivity index (χ0) is 18.8. The van der Waals surface area contributed by atoms with Gasteiger partial charge in [-0.25, -0.2) is 9.59 Å². The number of aromatic nitrogens is 1. The highest BCUT2D eigenvalue weighted by atomic mass is 79.9. The molecule has 2 aromatic rings. The number of nitrogens with zero attached hydrogens (tertiary/aromatic N) is 1. The maximum atomic E-state index is 11.8. The summed E-state index contributed by atoms with van der Waals surface area (Å²) >= 11 is 4.94. The molecule has 138 valence electrons. The third-order valence-corrected chi connectivity index (χ3v) is 4.88. The second-order valence-electron chi connectivity index (χ2n) is 5.45. The lowest BCUT2D eigenvalue weighted by Gasteiger charge is -2.14. The standard InChI is InChI=1S/C18H19BrN2O4S/c19-15-8-14(9-20-10-15)12-26-7-6-16(17(22)23)21-18(24)25-11-13-4-2-1-3-5-13/h1-5,8-10,16H,6-7,11-12H2,(H,21,24)(H,22,23). The molecule has 0 aliphatic heterocycles. The largest absolute Gasteiger partial charge is 0.480 e. The highest BCUT2D eigenvalue weighted by Crippen LogP contribution is 2.17. The molecule has 1 aromatic carbocycles. The summed E-state index contributed by atoms with van der Waals surface area (Å²) in [5.74, 6) is 0.228. The molecule has 0 radical (unpaired) electrons. The van der Waals surface area contributed by atoms with Crippen molar-refractivity contribution in [1.82, 2.24) is 10.3 Å². The van der Waals surface area contributed by atoms with E-state index in [1.807, 2.05) is 36.4 Å². The molecule has 0 aliphatic carbocycles. The van der Waals surface area contributed by atoms with Crippen molar-refractivity contribution in [3.63, 3.8) is 0 Å². The molecule has 0 aliphatic rings. The zero-order valence-electron chi connectivity index (χ0n) is 13.9. The summed E-state index contributed by atoms with van der Waals surface area (Å²) in [6.07, 6.45) is 3.05. The van der Waals surface area contributed by atoms with Crippen LogP contribution in [-0.4, -0.2) is 33.9 Å². The number of carboxylic acid groups (broad SMARTS) is 1. The fraction of sp³-hybridized carbons (Fsp3) is 0.278. The van der Waals surface area contributed by atoms with E-state index in [1.165, 1.54) is 0 Å². The van der Waals surface area contributed by atoms with Crippen LogP contribution in [0, 0.1) is 0 Å². The van der Waals surface area contributed by atoms with E-state index in [4.69, 9.17) is 4.74 Å². The normalized spacial score (nSPS) is 11.6. The number of carbonyl (C=O) groups excluding carboxylic acids is 1. The molecule has 0 saturated heterocycles. The third-order valence-electron chi connectivity index (χ3n) is 3.38. The Morgan fingerprint density at radius 3 is 2.69 bits per heavy atom. The van der Waals surface area contributed by atoms with Crippen LogP contribution >= 0.6 is 27.7 Å². The molecule has 0 spiro atoms. The first kappa shape index (κ1) is 20.3. The highest BCUT2D eigenvalue weighted by molar-refractivity contribution is 9.10. The summed E-state index contributed by atoms with van der Waals surface area (Å²) in [5.41, 5.74) is 1.89. The van der Waals surface area contributed by atoms with Gasteiger partial charge in [0.05, 0.1) is 0 Å². The summed E-state index contributed by atoms with van der Waals surface area (Å²) in [6, 6.07) is 10.2. The van der Waals surface area contributed by atoms with Crippen LogP contribution in [0.5, 0.6) is 0 Å². The number of thioether (sulfide) groups is 1. The Morgan fingerprint density at radius 2 is 2.00 bits per heavy atom. The minimum Gasteiger partial charge on any atom is -0.480 e. The molecule has 1 heterocycles. The Kier molecular flexibility index (Phi) is 8.43. The Morgan fingerprint density at radius 1 is 1.23 bits per heavy atom. The van der Waals surface area contributed by atoms with E-state index < -0.39 is 18.1 Å². The van der Waals surface area contributed by atoms with Gasteiger partial charge in [-0.2, -0.15) is 11.8 Å². The van der Waals surface area contributed by atoms with Crippen molar-refractivity contribution in [2.75, 3.05) is 5.75 Å². The van der Waals surface area contributed by atoms with Crippen molar-refractivity contribution in [1.29, 1.82) is 0 Å². The van der Waals surface area contributed by atoms with Crippen LogP contribution < -0.4 is 5.32 Å². The zero-order valence-corrected chi connectivity index (χ0v) is 16.3. The Labute approximate surface area is 164 Å². The Hall–Kier alpha value is -2.06. The Balaban J connectivity index is 1.72. The molecule has 26 heavy (non-hydrogen) atoms. The van der Waals surface area contributed by atoms with Crippen molar-refractivity contribution in [3.8, 4) is 0 Å². The van der Waals surface area contributed by atoms with Gasteiger partial charge >= 0.3 is 12.1 Å². The number of pyridine rings is 1. The number of ether oxygens (including phenoxy) is 1. The lowest BCUT2D eigenvalue weighted by atomic mass is 10.2. The number of amides is 1. The van der Waals surface area contributed by atoms with Gasteiger partial charge in [-0.3, -0.25) is 4.98 Å². The van der Waals surface area contributed by atoms with Gasteiger partial charge in [0, 0.05) is 22.6 Å². The first-order valence-corrected chi connectivity index (χ1v) is 9.86. The minimum atomic E-state index is -1.08. The molecule has 2 rings (SSSR count). The average molecular weight is 439 g/mol. The van der Waals surface area contributed by atoms with Gasteiger partial charge < -0.3 is 15.2 Å². The topological polar surface area (TPSA) is 88.5 Å². The lowest BCUT2D eigenvalue weighted by molar-refractivity contribution is -0.139. The van der Waals surface area contributed by atoms with Gasteiger partial charge in [0.1, 0.15) is 12.6 Å². The van der Waals surface area contributed by atoms with E-state index in [-0.39, 0.29) is 6.61 Å². The number of carbonyl (C=O) groups is 2. The molecular weight excluding hydrogens is 420 g/mol. The molecule has 1 aromatic heterocycles. The summed E-state index contributed by atoms with van der Waals surface area (Å²) in [6.45, 7) is 0.101. The maximum absolute atomic E-state index is 11.8. The predicted molar refractivity (Wildman–Crippen MR) is 104 cm³/mol. The Bertz CT molecular complexity index is 730. The minimum absolute atomic E-state index is 0.101. The maximum Gasteiger partial charge on any atom is 0.408 e. The second kappa shape index (κ2) is 10.8. The number of hydrogen-bond acceptors (Lipinski definition) is 5. The molecular formula is C18H19BrN2O4S. The van der Waals surface area contributed by atoms with Crippen LogP contribution in [0.4, 0.5) is 4.79 Å². The molecule has 0 saturated carbocycles. The highest BCUT2D eigenvalue weighted by Gasteiger charge is 2.20. The van der Waals surface area contributed by atoms with Gasteiger partial charge in [0.25, 0.3) is 0 Å². The predicted octanol–water partition coefficient (Wildman–Crippen LogP) is 3.85. The van der Waals surface area contributed by atoms with Gasteiger partial charge in [-0.1, -0.05) is 30.3 Å². The van der Waals surface area contributed by atoms with E-state index in [2.05, 4.69) is 26.2 Å². The quantitative estimate of drug-likeness (QED) is 0.578. The van der Waals surface area contributed by atoms with Crippen molar-refractivity contribution < 1.29 is 19.4 Å². The van der Waals surface area contributed by atoms with E-state index in [1.54, 1.807) is 24.2 Å². The lowest BCUT2D eigenvalue weighted by Crippen LogP contribution is -2.41. The number of rotatable bonds is 9. The molecule has 0 bridgehead atoms. The number of hydrogen-bond donors (Lipinski definition) is 2. The first-order chi connectivity index (χ1) is 12.5. The number of aliphatic carboxylic acids is 1. The second-order valence-corrected chi connectivity index (χ2v) is 7.47. The average Bonchev–Trinajstić information content (AvgIpc) is 2.63. The number of nitrogens with one attached hydrogen (secondary N) is 1. The van der Waals surface area contributed by atoms with Crippen LogP contribution in [-0.2, 0) is 21.9 Å². The van der Waals surface area contributed by atoms with E-state index in [9.17, 15) is 14.7 Å². The number of halogens is 1. The molecule has 0 fully saturated rings. The van der Waals surface area contributed by atoms with E-state index in [0.29, 0.717) is 12.2 Å². The van der Waals surface area contributed by atoms with Crippen LogP contribution in [0.1, 0.15) is 17.5 Å². The fourth-order valence-corrected chi connectivity index (χ4v) is 3.44. The van der Waals surface area contributed by atoms with E-state index in [0.717, 1.165) is 21.4 Å². The van der Waals surface area contributed by atoms with Crippen LogP contribution in [0.2, 0.25) is 0 Å². The SMILES string of the molecule is O=C(NC(CCSCc1cncc(Br)c1)C(=O)O)OCc1ccccc1. The van der Waals surface area contributed by atoms with Gasteiger partial charge in [-0.15, -0.1) is 0 Å². The first-order valence-electron chi connectivity index (χ1n) is 7.92. The molecule has 1 atom stereocenters. The van der Waals surface area contributed by atoms with Crippen LogP contribution in [0.15, 0.2) is 53.3 Å². The number of alkyl carbamates (subject to hydrolysis) is 1. The van der Waals surface area contributed by atoms with Crippen molar-refractivity contribution in [2.24, 2.45) is 0 Å². The van der Waals surface area contributed by atoms with Gasteiger partial charge in [0.15, 0.2) is 0 Å². The molecule has 1 unspecified atom stereocenters. The summed E-state index contributed by atoms with van der Waals surface area (Å²) in [7, 11) is 0. The van der Waals surface area contributed by atoms with Crippen molar-refractivity contribution in [2.45, 2.75) is 24.8 Å². The molecule has 8 heteroatoms. The number of benzene rings is 1. The molecule has 6 nitrogen and oxygen atoms in total. The molecule has 2 N–H and O–H groups in total. The van der Waals surface area contributed by atoms with Crippen LogP contribution in [0.25, 0.3) is 0 Å². The van der Waals surface area contributed by atoms with E-state index >= 15 is 0 Å². The van der Waals surface area contributed by atoms with Crippen LogP contribution in [0.3, 0.4) is 0 Å². The fourth-order valence-electron chi connectivity index (χ4n) is 2.09. The summed E-state index contributed by atoms with van der Waals surface area (Å²) < 4.78 is 5.97. The third kappa shape index (κ3) is 7.45. The van der Waals surface area contributed by atoms with Gasteiger partial charge in [-0.05, 0) is 45.3 Å². The number of carboxylic acids is 1. The molecule has 1 amide bonds. The monoisotopic (exact) mass is 438 g/mol. The summed E-state index contributed by atoms with van der Waals surface area (Å²) in [4.78, 5) is 27.2. The van der Waals surface area contributed by atoms with Gasteiger partial charge in [0.2, 0.25) is 0 Å². The summed E-state index contributed by atoms with van der Waals surface area (Å²) in [5, 5.41) is 11.7. The van der Waals surface area contributed by atoms with Crippen molar-refractivity contribution >= 4 is 39.8 Å². The smallest absolute Gasteiger partial charge is 0.408 e. The van der Waals surface area contributed by atoms with Crippen molar-refractivity contribution in [3.05, 3.63) is 64.4 Å².